The zero-order chi connectivity index (χ0) is 29.6. The standard InChI is InChI=1S/C32H46N4O5/c1-23(2)17-28(34-31(38)40-21-25-11-7-5-8-12-25)20-36-16-15-27(19-36)33-30(37)29(18-24(3)4)35-32(39)41-22-26-13-9-6-10-14-26/h5-14,23-24,27-29H,15-22H2,1-4H3,(H,33,37)(H,34,38)(H,35,39)/t27-,28+,29-/m1/s1. The van der Waals surface area contributed by atoms with E-state index in [1.807, 2.05) is 74.5 Å². The highest BCUT2D eigenvalue weighted by Gasteiger charge is 2.30. The molecule has 2 aromatic rings. The van der Waals surface area contributed by atoms with Gasteiger partial charge in [-0.05, 0) is 42.2 Å². The Morgan fingerprint density at radius 2 is 1.34 bits per heavy atom. The van der Waals surface area contributed by atoms with Crippen LogP contribution in [0.1, 0.15) is 58.1 Å². The van der Waals surface area contributed by atoms with E-state index < -0.39 is 18.2 Å². The number of nitrogens with one attached hydrogen (secondary N) is 3. The number of carbonyl (C=O) groups is 3. The van der Waals surface area contributed by atoms with Crippen molar-refractivity contribution in [2.24, 2.45) is 11.8 Å². The number of benzene rings is 2. The number of hydrogen-bond donors (Lipinski definition) is 3. The first-order valence-corrected chi connectivity index (χ1v) is 14.6. The summed E-state index contributed by atoms with van der Waals surface area (Å²) in [6, 6.07) is 18.3. The SMILES string of the molecule is CC(C)C[C@@H](CN1CC[C@@H](NC(=O)[C@@H](CC(C)C)NC(=O)OCc2ccccc2)C1)NC(=O)OCc1ccccc1. The summed E-state index contributed by atoms with van der Waals surface area (Å²) >= 11 is 0. The van der Waals surface area contributed by atoms with Crippen LogP contribution in [0.3, 0.4) is 0 Å². The lowest BCUT2D eigenvalue weighted by molar-refractivity contribution is -0.124. The van der Waals surface area contributed by atoms with Crippen LogP contribution < -0.4 is 16.0 Å². The van der Waals surface area contributed by atoms with Crippen molar-refractivity contribution in [3.05, 3.63) is 71.8 Å². The lowest BCUT2D eigenvalue weighted by Gasteiger charge is -2.26. The number of alkyl carbamates (subject to hydrolysis) is 2. The molecule has 0 saturated carbocycles. The summed E-state index contributed by atoms with van der Waals surface area (Å²) in [6.45, 7) is 10.8. The molecule has 1 heterocycles. The maximum absolute atomic E-state index is 13.2. The highest BCUT2D eigenvalue weighted by atomic mass is 16.6. The topological polar surface area (TPSA) is 109 Å². The van der Waals surface area contributed by atoms with Crippen LogP contribution in [0.2, 0.25) is 0 Å². The average Bonchev–Trinajstić information content (AvgIpc) is 3.37. The zero-order valence-electron chi connectivity index (χ0n) is 24.8. The summed E-state index contributed by atoms with van der Waals surface area (Å²) in [4.78, 5) is 40.4. The fourth-order valence-electron chi connectivity index (χ4n) is 5.02. The van der Waals surface area contributed by atoms with Crippen LogP contribution in [0.4, 0.5) is 9.59 Å². The summed E-state index contributed by atoms with van der Waals surface area (Å²) in [5.41, 5.74) is 1.82. The molecule has 9 nitrogen and oxygen atoms in total. The van der Waals surface area contributed by atoms with E-state index in [4.69, 9.17) is 9.47 Å². The first-order chi connectivity index (χ1) is 19.7. The van der Waals surface area contributed by atoms with E-state index >= 15 is 0 Å². The molecular weight excluding hydrogens is 520 g/mol. The Hall–Kier alpha value is -3.59. The first-order valence-electron chi connectivity index (χ1n) is 14.6. The molecule has 1 saturated heterocycles. The fourth-order valence-corrected chi connectivity index (χ4v) is 5.02. The Bertz CT molecular complexity index is 1080. The monoisotopic (exact) mass is 566 g/mol. The van der Waals surface area contributed by atoms with Gasteiger partial charge in [-0.1, -0.05) is 88.4 Å². The van der Waals surface area contributed by atoms with Crippen molar-refractivity contribution >= 4 is 18.1 Å². The molecule has 0 radical (unpaired) electrons. The van der Waals surface area contributed by atoms with E-state index in [1.165, 1.54) is 0 Å². The molecule has 3 atom stereocenters. The molecule has 3 amide bonds. The minimum Gasteiger partial charge on any atom is -0.445 e. The van der Waals surface area contributed by atoms with Crippen molar-refractivity contribution in [1.82, 2.24) is 20.9 Å². The molecule has 0 spiro atoms. The smallest absolute Gasteiger partial charge is 0.408 e. The van der Waals surface area contributed by atoms with E-state index in [0.717, 1.165) is 30.5 Å². The van der Waals surface area contributed by atoms with Crippen LogP contribution in [-0.2, 0) is 27.5 Å². The van der Waals surface area contributed by atoms with Gasteiger partial charge in [0, 0.05) is 31.7 Å². The van der Waals surface area contributed by atoms with E-state index in [9.17, 15) is 14.4 Å². The average molecular weight is 567 g/mol. The summed E-state index contributed by atoms with van der Waals surface area (Å²) in [5, 5.41) is 8.91. The lowest BCUT2D eigenvalue weighted by atomic mass is 10.0. The minimum absolute atomic E-state index is 0.0379. The molecular formula is C32H46N4O5. The molecule has 41 heavy (non-hydrogen) atoms. The highest BCUT2D eigenvalue weighted by molar-refractivity contribution is 5.85. The Morgan fingerprint density at radius 3 is 1.88 bits per heavy atom. The number of hydrogen-bond acceptors (Lipinski definition) is 6. The number of likely N-dealkylation sites (tertiary alicyclic amines) is 1. The molecule has 1 aliphatic heterocycles. The molecule has 1 aliphatic rings. The number of rotatable bonds is 14. The number of ether oxygens (including phenoxy) is 2. The predicted octanol–water partition coefficient (Wildman–Crippen LogP) is 4.86. The molecule has 0 unspecified atom stereocenters. The highest BCUT2D eigenvalue weighted by Crippen LogP contribution is 2.15. The van der Waals surface area contributed by atoms with Gasteiger partial charge in [-0.2, -0.15) is 0 Å². The Kier molecular flexibility index (Phi) is 12.9. The van der Waals surface area contributed by atoms with Gasteiger partial charge in [-0.25, -0.2) is 9.59 Å². The van der Waals surface area contributed by atoms with Crippen LogP contribution in [0.25, 0.3) is 0 Å². The molecule has 0 aliphatic carbocycles. The Morgan fingerprint density at radius 1 is 0.805 bits per heavy atom. The second kappa shape index (κ2) is 16.6. The van der Waals surface area contributed by atoms with Crippen LogP contribution in [-0.4, -0.2) is 60.8 Å². The van der Waals surface area contributed by atoms with Gasteiger partial charge in [0.15, 0.2) is 0 Å². The van der Waals surface area contributed by atoms with Gasteiger partial charge in [0.05, 0.1) is 0 Å². The van der Waals surface area contributed by atoms with E-state index in [2.05, 4.69) is 34.7 Å². The normalized spacial score (nSPS) is 16.7. The Balaban J connectivity index is 1.47. The molecule has 0 bridgehead atoms. The molecule has 2 aromatic carbocycles. The maximum Gasteiger partial charge on any atom is 0.408 e. The van der Waals surface area contributed by atoms with Crippen molar-refractivity contribution in [3.8, 4) is 0 Å². The van der Waals surface area contributed by atoms with Gasteiger partial charge in [0.25, 0.3) is 0 Å². The lowest BCUT2D eigenvalue weighted by Crippen LogP contribution is -2.51. The maximum atomic E-state index is 13.2. The summed E-state index contributed by atoms with van der Waals surface area (Å²) < 4.78 is 10.8. The fraction of sp³-hybridized carbons (Fsp3) is 0.531. The number of amides is 3. The van der Waals surface area contributed by atoms with Gasteiger partial charge in [-0.15, -0.1) is 0 Å². The van der Waals surface area contributed by atoms with Crippen molar-refractivity contribution in [2.75, 3.05) is 19.6 Å². The van der Waals surface area contributed by atoms with Crippen LogP contribution in [0.15, 0.2) is 60.7 Å². The quantitative estimate of drug-likeness (QED) is 0.301. The molecule has 0 aromatic heterocycles. The third kappa shape index (κ3) is 12.2. The minimum atomic E-state index is -0.679. The van der Waals surface area contributed by atoms with Gasteiger partial charge in [0.1, 0.15) is 19.3 Å². The second-order valence-corrected chi connectivity index (χ2v) is 11.7. The number of nitrogens with zero attached hydrogens (tertiary/aromatic N) is 1. The third-order valence-electron chi connectivity index (χ3n) is 6.92. The second-order valence-electron chi connectivity index (χ2n) is 11.7. The third-order valence-corrected chi connectivity index (χ3v) is 6.92. The zero-order valence-corrected chi connectivity index (χ0v) is 24.8. The van der Waals surface area contributed by atoms with Crippen LogP contribution >= 0.6 is 0 Å². The van der Waals surface area contributed by atoms with Crippen molar-refractivity contribution in [1.29, 1.82) is 0 Å². The summed E-state index contributed by atoms with van der Waals surface area (Å²) in [6.07, 6.45) is 1.09. The molecule has 224 valence electrons. The van der Waals surface area contributed by atoms with Gasteiger partial charge in [0.2, 0.25) is 5.91 Å². The van der Waals surface area contributed by atoms with E-state index in [-0.39, 0.29) is 37.1 Å². The Labute approximate surface area is 244 Å². The van der Waals surface area contributed by atoms with Gasteiger partial charge >= 0.3 is 12.2 Å². The van der Waals surface area contributed by atoms with Gasteiger partial charge in [-0.3, -0.25) is 9.69 Å². The predicted molar refractivity (Wildman–Crippen MR) is 159 cm³/mol. The summed E-state index contributed by atoms with van der Waals surface area (Å²) in [7, 11) is 0. The van der Waals surface area contributed by atoms with Crippen molar-refractivity contribution in [3.63, 3.8) is 0 Å². The largest absolute Gasteiger partial charge is 0.445 e. The van der Waals surface area contributed by atoms with Crippen molar-refractivity contribution < 1.29 is 23.9 Å². The van der Waals surface area contributed by atoms with Crippen LogP contribution in [0, 0.1) is 11.8 Å². The van der Waals surface area contributed by atoms with Crippen LogP contribution in [0.5, 0.6) is 0 Å². The first kappa shape index (κ1) is 31.9. The molecule has 3 rings (SSSR count). The molecule has 9 heteroatoms. The molecule has 1 fully saturated rings. The summed E-state index contributed by atoms with van der Waals surface area (Å²) in [5.74, 6) is 0.408. The van der Waals surface area contributed by atoms with E-state index in [1.54, 1.807) is 0 Å². The molecule has 3 N–H and O–H groups in total. The van der Waals surface area contributed by atoms with Crippen molar-refractivity contribution in [2.45, 2.75) is 78.3 Å². The van der Waals surface area contributed by atoms with Gasteiger partial charge < -0.3 is 25.4 Å². The number of carbonyl (C=O) groups excluding carboxylic acids is 3. The van der Waals surface area contributed by atoms with E-state index in [0.29, 0.717) is 25.4 Å².